The number of fused-ring (bicyclic) bond motifs is 1. The van der Waals surface area contributed by atoms with Crippen molar-refractivity contribution in [2.75, 3.05) is 51.3 Å². The van der Waals surface area contributed by atoms with Gasteiger partial charge in [0.1, 0.15) is 5.69 Å². The molecule has 0 bridgehead atoms. The minimum atomic E-state index is -0.484. The van der Waals surface area contributed by atoms with Crippen LogP contribution in [0.2, 0.25) is 5.02 Å². The summed E-state index contributed by atoms with van der Waals surface area (Å²) in [5.41, 5.74) is 2.27. The predicted molar refractivity (Wildman–Crippen MR) is 148 cm³/mol. The average Bonchev–Trinajstić information content (AvgIpc) is 3.42. The largest absolute Gasteiger partial charge is 0.493 e. The number of piperidine rings is 1. The molecule has 7 nitrogen and oxygen atoms in total. The van der Waals surface area contributed by atoms with E-state index in [1.165, 1.54) is 25.7 Å². The van der Waals surface area contributed by atoms with Crippen LogP contribution in [0.1, 0.15) is 60.5 Å². The molecule has 2 aromatic heterocycles. The number of carbonyl (C=O) groups is 1. The van der Waals surface area contributed by atoms with Crippen LogP contribution in [0, 0.1) is 11.2 Å². The summed E-state index contributed by atoms with van der Waals surface area (Å²) in [7, 11) is 1.63. The van der Waals surface area contributed by atoms with E-state index in [0.717, 1.165) is 48.4 Å². The molecule has 202 valence electrons. The molecule has 9 heteroatoms. The SMILES string of the molecule is COc1cccnc1N1CCN(C(=O)c2cc3c(C4CCC5(CCNCC5)CC4)cc(Cl)c(F)c3[nH]2)CC1. The molecule has 0 unspecified atom stereocenters. The molecule has 1 amide bonds. The number of aromatic amines is 1. The van der Waals surface area contributed by atoms with E-state index in [1.54, 1.807) is 19.4 Å². The molecule has 38 heavy (non-hydrogen) atoms. The summed E-state index contributed by atoms with van der Waals surface area (Å²) in [6, 6.07) is 7.37. The van der Waals surface area contributed by atoms with Crippen molar-refractivity contribution in [2.45, 2.75) is 44.4 Å². The number of methoxy groups -OCH3 is 1. The summed E-state index contributed by atoms with van der Waals surface area (Å²) in [5.74, 6) is 1.23. The lowest BCUT2D eigenvalue weighted by Gasteiger charge is -2.43. The standard InChI is InChI=1S/C29H35ClFN5O2/c1-38-24-3-2-10-33-27(24)35-13-15-36(16-14-35)28(37)23-18-21-20(17-22(30)25(31)26(21)34-23)19-4-6-29(7-5-19)8-11-32-12-9-29/h2-3,10,17-19,32,34H,4-9,11-16H2,1H3. The fraction of sp³-hybridized carbons (Fsp3) is 0.517. The van der Waals surface area contributed by atoms with Crippen molar-refractivity contribution in [3.63, 3.8) is 0 Å². The fourth-order valence-corrected chi connectivity index (χ4v) is 6.99. The van der Waals surface area contributed by atoms with E-state index in [2.05, 4.69) is 20.2 Å². The molecule has 2 N–H and O–H groups in total. The van der Waals surface area contributed by atoms with Crippen LogP contribution in [-0.2, 0) is 0 Å². The number of rotatable bonds is 4. The second kappa shape index (κ2) is 10.4. The highest BCUT2D eigenvalue weighted by atomic mass is 35.5. The number of nitrogens with one attached hydrogen (secondary N) is 2. The molecule has 1 aliphatic carbocycles. The van der Waals surface area contributed by atoms with Gasteiger partial charge in [0.15, 0.2) is 17.4 Å². The normalized spacial score (nSPS) is 20.3. The Hall–Kier alpha value is -2.84. The van der Waals surface area contributed by atoms with Crippen molar-refractivity contribution in [1.29, 1.82) is 0 Å². The van der Waals surface area contributed by atoms with Crippen LogP contribution in [-0.4, -0.2) is 67.2 Å². The van der Waals surface area contributed by atoms with E-state index in [-0.39, 0.29) is 10.9 Å². The van der Waals surface area contributed by atoms with Crippen molar-refractivity contribution in [3.05, 3.63) is 52.6 Å². The summed E-state index contributed by atoms with van der Waals surface area (Å²) in [5, 5.41) is 4.39. The van der Waals surface area contributed by atoms with Gasteiger partial charge in [-0.15, -0.1) is 0 Å². The van der Waals surface area contributed by atoms with E-state index >= 15 is 4.39 Å². The molecule has 0 atom stereocenters. The minimum absolute atomic E-state index is 0.118. The highest BCUT2D eigenvalue weighted by Crippen LogP contribution is 2.49. The lowest BCUT2D eigenvalue weighted by atomic mass is 9.64. The number of piperazine rings is 1. The highest BCUT2D eigenvalue weighted by molar-refractivity contribution is 6.31. The number of amides is 1. The van der Waals surface area contributed by atoms with Gasteiger partial charge in [0, 0.05) is 37.8 Å². The lowest BCUT2D eigenvalue weighted by molar-refractivity contribution is 0.0741. The Morgan fingerprint density at radius 3 is 2.58 bits per heavy atom. The molecule has 0 radical (unpaired) electrons. The zero-order chi connectivity index (χ0) is 26.3. The first kappa shape index (κ1) is 25.4. The second-order valence-corrected chi connectivity index (χ2v) is 11.5. The number of nitrogens with zero attached hydrogens (tertiary/aromatic N) is 3. The van der Waals surface area contributed by atoms with Crippen LogP contribution in [0.25, 0.3) is 10.9 Å². The van der Waals surface area contributed by atoms with Crippen LogP contribution in [0.3, 0.4) is 0 Å². The Balaban J connectivity index is 1.20. The third-order valence-electron chi connectivity index (χ3n) is 9.06. The topological polar surface area (TPSA) is 73.5 Å². The second-order valence-electron chi connectivity index (χ2n) is 11.1. The van der Waals surface area contributed by atoms with E-state index in [1.807, 2.05) is 23.1 Å². The number of halogens is 2. The van der Waals surface area contributed by atoms with Crippen LogP contribution in [0.4, 0.5) is 10.2 Å². The van der Waals surface area contributed by atoms with Crippen LogP contribution < -0.4 is 15.0 Å². The van der Waals surface area contributed by atoms with E-state index in [0.29, 0.717) is 48.7 Å². The molecule has 1 spiro atoms. The van der Waals surface area contributed by atoms with Crippen molar-refractivity contribution in [2.24, 2.45) is 5.41 Å². The Kier molecular flexibility index (Phi) is 6.95. The Morgan fingerprint density at radius 1 is 1.13 bits per heavy atom. The molecule has 4 heterocycles. The summed E-state index contributed by atoms with van der Waals surface area (Å²) in [6.07, 6.45) is 8.75. The number of anilines is 1. The number of pyridine rings is 1. The van der Waals surface area contributed by atoms with Gasteiger partial charge >= 0.3 is 0 Å². The van der Waals surface area contributed by atoms with E-state index in [9.17, 15) is 4.79 Å². The first-order valence-corrected chi connectivity index (χ1v) is 14.1. The number of aromatic nitrogens is 2. The van der Waals surface area contributed by atoms with Gasteiger partial charge in [-0.1, -0.05) is 11.6 Å². The molecule has 6 rings (SSSR count). The van der Waals surface area contributed by atoms with E-state index < -0.39 is 5.82 Å². The number of ether oxygens (including phenoxy) is 1. The Morgan fingerprint density at radius 2 is 1.87 bits per heavy atom. The van der Waals surface area contributed by atoms with Gasteiger partial charge in [0.25, 0.3) is 5.91 Å². The fourth-order valence-electron chi connectivity index (χ4n) is 6.77. The van der Waals surface area contributed by atoms with Gasteiger partial charge in [0.2, 0.25) is 0 Å². The van der Waals surface area contributed by atoms with Crippen molar-refractivity contribution in [1.82, 2.24) is 20.2 Å². The van der Waals surface area contributed by atoms with Crippen LogP contribution in [0.5, 0.6) is 5.75 Å². The number of carbonyl (C=O) groups excluding carboxylic acids is 1. The van der Waals surface area contributed by atoms with Gasteiger partial charge in [-0.05, 0) is 92.8 Å². The molecule has 3 aromatic rings. The monoisotopic (exact) mass is 539 g/mol. The zero-order valence-corrected chi connectivity index (χ0v) is 22.6. The van der Waals surface area contributed by atoms with Gasteiger partial charge in [-0.2, -0.15) is 0 Å². The van der Waals surface area contributed by atoms with E-state index in [4.69, 9.17) is 16.3 Å². The molecular formula is C29H35ClFN5O2. The number of benzene rings is 1. The number of hydrogen-bond acceptors (Lipinski definition) is 5. The summed E-state index contributed by atoms with van der Waals surface area (Å²) >= 11 is 6.37. The molecule has 3 fully saturated rings. The third-order valence-corrected chi connectivity index (χ3v) is 9.33. The highest BCUT2D eigenvalue weighted by Gasteiger charge is 2.37. The van der Waals surface area contributed by atoms with Crippen molar-refractivity contribution >= 4 is 34.2 Å². The van der Waals surface area contributed by atoms with Gasteiger partial charge < -0.3 is 24.8 Å². The van der Waals surface area contributed by atoms with Crippen molar-refractivity contribution < 1.29 is 13.9 Å². The van der Waals surface area contributed by atoms with Gasteiger partial charge in [-0.25, -0.2) is 9.37 Å². The number of hydrogen-bond donors (Lipinski definition) is 2. The average molecular weight is 540 g/mol. The molecule has 1 aromatic carbocycles. The maximum Gasteiger partial charge on any atom is 0.270 e. The summed E-state index contributed by atoms with van der Waals surface area (Å²) in [6.45, 7) is 4.58. The predicted octanol–water partition coefficient (Wildman–Crippen LogP) is 5.35. The maximum atomic E-state index is 15.1. The van der Waals surface area contributed by atoms with Crippen LogP contribution >= 0.6 is 11.6 Å². The molecule has 2 saturated heterocycles. The molecule has 2 aliphatic heterocycles. The minimum Gasteiger partial charge on any atom is -0.493 e. The molecule has 1 saturated carbocycles. The summed E-state index contributed by atoms with van der Waals surface area (Å²) in [4.78, 5) is 25.0. The first-order chi connectivity index (χ1) is 18.5. The first-order valence-electron chi connectivity index (χ1n) is 13.7. The Bertz CT molecular complexity index is 1320. The summed E-state index contributed by atoms with van der Waals surface area (Å²) < 4.78 is 20.6. The lowest BCUT2D eigenvalue weighted by Crippen LogP contribution is -2.49. The van der Waals surface area contributed by atoms with Gasteiger partial charge in [-0.3, -0.25) is 4.79 Å². The molecule has 3 aliphatic rings. The smallest absolute Gasteiger partial charge is 0.270 e. The maximum absolute atomic E-state index is 15.1. The van der Waals surface area contributed by atoms with Crippen LogP contribution in [0.15, 0.2) is 30.5 Å². The Labute approximate surface area is 227 Å². The number of H-pyrrole nitrogens is 1. The van der Waals surface area contributed by atoms with Crippen molar-refractivity contribution in [3.8, 4) is 5.75 Å². The zero-order valence-electron chi connectivity index (χ0n) is 21.9. The molecular weight excluding hydrogens is 505 g/mol. The quantitative estimate of drug-likeness (QED) is 0.467. The third kappa shape index (κ3) is 4.62. The van der Waals surface area contributed by atoms with Gasteiger partial charge in [0.05, 0.1) is 17.6 Å².